The van der Waals surface area contributed by atoms with E-state index in [1.165, 1.54) is 12.1 Å². The topological polar surface area (TPSA) is 54.9 Å². The summed E-state index contributed by atoms with van der Waals surface area (Å²) in [5, 5.41) is 6.30. The molecule has 160 valence electrons. The smallest absolute Gasteiger partial charge is 0.191 e. The molecule has 1 heterocycles. The number of benzene rings is 1. The van der Waals surface area contributed by atoms with E-state index in [-0.39, 0.29) is 30.0 Å². The second-order valence-corrected chi connectivity index (χ2v) is 6.78. The molecule has 2 rings (SSSR count). The molecule has 28 heavy (non-hydrogen) atoms. The van der Waals surface area contributed by atoms with Crippen LogP contribution in [-0.2, 0) is 9.47 Å². The fourth-order valence-electron chi connectivity index (χ4n) is 2.98. The van der Waals surface area contributed by atoms with Gasteiger partial charge in [0, 0.05) is 51.1 Å². The summed E-state index contributed by atoms with van der Waals surface area (Å²) in [4.78, 5) is 4.51. The van der Waals surface area contributed by atoms with Crippen molar-refractivity contribution in [1.82, 2.24) is 10.6 Å². The molecular weight excluding hydrogens is 479 g/mol. The maximum Gasteiger partial charge on any atom is 0.191 e. The Morgan fingerprint density at radius 1 is 1.32 bits per heavy atom. The predicted octanol–water partition coefficient (Wildman–Crippen LogP) is 4.03. The summed E-state index contributed by atoms with van der Waals surface area (Å²) >= 11 is 0. The second kappa shape index (κ2) is 14.1. The van der Waals surface area contributed by atoms with E-state index >= 15 is 0 Å². The second-order valence-electron chi connectivity index (χ2n) is 6.78. The van der Waals surface area contributed by atoms with E-state index in [1.807, 2.05) is 13.8 Å². The first-order chi connectivity index (χ1) is 13.1. The zero-order chi connectivity index (χ0) is 19.5. The largest absolute Gasteiger partial charge is 0.381 e. The normalized spacial score (nSPS) is 16.4. The van der Waals surface area contributed by atoms with Gasteiger partial charge in [-0.25, -0.2) is 8.78 Å². The minimum atomic E-state index is -0.579. The maximum atomic E-state index is 13.9. The van der Waals surface area contributed by atoms with E-state index in [0.717, 1.165) is 45.1 Å². The number of nitrogens with zero attached hydrogens (tertiary/aromatic N) is 1. The average molecular weight is 511 g/mol. The fourth-order valence-corrected chi connectivity index (χ4v) is 2.98. The molecule has 1 aliphatic heterocycles. The van der Waals surface area contributed by atoms with Crippen LogP contribution < -0.4 is 10.6 Å². The first kappa shape index (κ1) is 25.0. The fraction of sp³-hybridized carbons (Fsp3) is 0.650. The van der Waals surface area contributed by atoms with Crippen LogP contribution in [0.4, 0.5) is 8.78 Å². The lowest BCUT2D eigenvalue weighted by molar-refractivity contribution is 0.0205. The Morgan fingerprint density at radius 3 is 2.75 bits per heavy atom. The lowest BCUT2D eigenvalue weighted by Gasteiger charge is -2.21. The molecule has 1 fully saturated rings. The quantitative estimate of drug-likeness (QED) is 0.228. The maximum absolute atomic E-state index is 13.9. The van der Waals surface area contributed by atoms with E-state index in [4.69, 9.17) is 9.47 Å². The van der Waals surface area contributed by atoms with Crippen molar-refractivity contribution < 1.29 is 18.3 Å². The number of nitrogens with one attached hydrogen (secondary N) is 2. The van der Waals surface area contributed by atoms with E-state index in [9.17, 15) is 8.78 Å². The molecule has 2 N–H and O–H groups in total. The molecule has 0 amide bonds. The zero-order valence-electron chi connectivity index (χ0n) is 16.7. The molecule has 5 nitrogen and oxygen atoms in total. The Labute approximate surface area is 183 Å². The number of halogens is 3. The number of hydrogen-bond donors (Lipinski definition) is 2. The highest BCUT2D eigenvalue weighted by molar-refractivity contribution is 14.0. The summed E-state index contributed by atoms with van der Waals surface area (Å²) in [6.07, 6.45) is 2.97. The molecule has 1 aromatic rings. The summed E-state index contributed by atoms with van der Waals surface area (Å²) in [7, 11) is 0. The van der Waals surface area contributed by atoms with E-state index in [1.54, 1.807) is 0 Å². The Hall–Kier alpha value is -1.00. The van der Waals surface area contributed by atoms with Crippen LogP contribution in [0, 0.1) is 17.6 Å². The van der Waals surface area contributed by atoms with Gasteiger partial charge in [-0.2, -0.15) is 0 Å². The van der Waals surface area contributed by atoms with Crippen LogP contribution in [0.3, 0.4) is 0 Å². The monoisotopic (exact) mass is 511 g/mol. The Balaban J connectivity index is 0.00000392. The summed E-state index contributed by atoms with van der Waals surface area (Å²) in [5.41, 5.74) is 0.404. The Bertz CT molecular complexity index is 599. The Kier molecular flexibility index (Phi) is 12.6. The molecule has 0 spiro atoms. The average Bonchev–Trinajstić information content (AvgIpc) is 2.65. The molecule has 8 heteroatoms. The summed E-state index contributed by atoms with van der Waals surface area (Å²) < 4.78 is 38.1. The van der Waals surface area contributed by atoms with E-state index in [2.05, 4.69) is 15.6 Å². The third-order valence-electron chi connectivity index (χ3n) is 4.54. The van der Waals surface area contributed by atoms with Crippen LogP contribution in [0.1, 0.15) is 44.7 Å². The predicted molar refractivity (Wildman–Crippen MR) is 118 cm³/mol. The minimum Gasteiger partial charge on any atom is -0.381 e. The van der Waals surface area contributed by atoms with Crippen molar-refractivity contribution >= 4 is 29.9 Å². The van der Waals surface area contributed by atoms with Gasteiger partial charge in [0.05, 0.1) is 6.04 Å². The molecule has 0 bridgehead atoms. The van der Waals surface area contributed by atoms with Gasteiger partial charge in [0.15, 0.2) is 5.96 Å². The van der Waals surface area contributed by atoms with Gasteiger partial charge in [-0.1, -0.05) is 6.07 Å². The lowest BCUT2D eigenvalue weighted by Crippen LogP contribution is -2.39. The lowest BCUT2D eigenvalue weighted by atomic mass is 10.0. The minimum absolute atomic E-state index is 0. The molecule has 1 aliphatic rings. The van der Waals surface area contributed by atoms with Gasteiger partial charge >= 0.3 is 0 Å². The van der Waals surface area contributed by atoms with Crippen molar-refractivity contribution in [2.24, 2.45) is 10.9 Å². The third kappa shape index (κ3) is 9.00. The van der Waals surface area contributed by atoms with Crippen LogP contribution >= 0.6 is 24.0 Å². The van der Waals surface area contributed by atoms with Gasteiger partial charge in [0.25, 0.3) is 0 Å². The molecule has 0 aliphatic carbocycles. The molecule has 0 radical (unpaired) electrons. The summed E-state index contributed by atoms with van der Waals surface area (Å²) in [6.45, 7) is 8.23. The van der Waals surface area contributed by atoms with Crippen molar-refractivity contribution in [2.45, 2.75) is 39.2 Å². The van der Waals surface area contributed by atoms with E-state index < -0.39 is 11.6 Å². The van der Waals surface area contributed by atoms with Crippen LogP contribution in [0.25, 0.3) is 0 Å². The highest BCUT2D eigenvalue weighted by Crippen LogP contribution is 2.17. The highest BCUT2D eigenvalue weighted by Gasteiger charge is 2.14. The van der Waals surface area contributed by atoms with Crippen molar-refractivity contribution in [3.05, 3.63) is 35.4 Å². The van der Waals surface area contributed by atoms with Crippen molar-refractivity contribution in [3.8, 4) is 0 Å². The number of ether oxygens (including phenoxy) is 2. The van der Waals surface area contributed by atoms with Gasteiger partial charge in [0.2, 0.25) is 0 Å². The van der Waals surface area contributed by atoms with Crippen LogP contribution in [0.2, 0.25) is 0 Å². The Morgan fingerprint density at radius 2 is 2.07 bits per heavy atom. The summed E-state index contributed by atoms with van der Waals surface area (Å²) in [6, 6.07) is 3.29. The van der Waals surface area contributed by atoms with Gasteiger partial charge < -0.3 is 20.1 Å². The molecule has 0 aromatic heterocycles. The first-order valence-electron chi connectivity index (χ1n) is 9.75. The van der Waals surface area contributed by atoms with Crippen molar-refractivity contribution in [3.63, 3.8) is 0 Å². The van der Waals surface area contributed by atoms with Gasteiger partial charge in [-0.3, -0.25) is 4.99 Å². The molecule has 1 saturated heterocycles. The van der Waals surface area contributed by atoms with Gasteiger partial charge in [0.1, 0.15) is 11.6 Å². The number of rotatable bonds is 9. The SMILES string of the molecule is CCNC(=NCCCOCC1CCOCC1)NC(C)c1ccc(F)cc1F.I. The standard InChI is InChI=1S/C20H31F2N3O2.HI/c1-3-23-20(25-15(2)18-6-5-17(21)13-19(18)22)24-9-4-10-27-14-16-7-11-26-12-8-16;/h5-6,13,15-16H,3-4,7-12,14H2,1-2H3,(H2,23,24,25);1H. The molecular formula is C20H32F2IN3O2. The van der Waals surface area contributed by atoms with Crippen molar-refractivity contribution in [1.29, 1.82) is 0 Å². The molecule has 1 atom stereocenters. The zero-order valence-corrected chi connectivity index (χ0v) is 19.0. The van der Waals surface area contributed by atoms with Gasteiger partial charge in [-0.05, 0) is 45.1 Å². The molecule has 0 saturated carbocycles. The van der Waals surface area contributed by atoms with E-state index in [0.29, 0.717) is 37.1 Å². The number of guanidine groups is 1. The van der Waals surface area contributed by atoms with Crippen LogP contribution in [0.15, 0.2) is 23.2 Å². The van der Waals surface area contributed by atoms with Crippen LogP contribution in [-0.4, -0.2) is 45.5 Å². The summed E-state index contributed by atoms with van der Waals surface area (Å²) in [5.74, 6) is 0.0722. The number of hydrogen-bond acceptors (Lipinski definition) is 3. The van der Waals surface area contributed by atoms with Crippen molar-refractivity contribution in [2.75, 3.05) is 39.5 Å². The number of aliphatic imine (C=N–C) groups is 1. The molecule has 1 unspecified atom stereocenters. The van der Waals surface area contributed by atoms with Crippen LogP contribution in [0.5, 0.6) is 0 Å². The third-order valence-corrected chi connectivity index (χ3v) is 4.54. The van der Waals surface area contributed by atoms with Gasteiger partial charge in [-0.15, -0.1) is 24.0 Å². The first-order valence-corrected chi connectivity index (χ1v) is 9.75. The highest BCUT2D eigenvalue weighted by atomic mass is 127. The molecule has 1 aromatic carbocycles.